The van der Waals surface area contributed by atoms with Gasteiger partial charge in [0.15, 0.2) is 4.96 Å². The molecule has 0 unspecified atom stereocenters. The van der Waals surface area contributed by atoms with Crippen LogP contribution in [0.15, 0.2) is 12.3 Å². The maximum Gasteiger partial charge on any atom is 0.194 e. The van der Waals surface area contributed by atoms with Crippen LogP contribution < -0.4 is 0 Å². The Kier molecular flexibility index (Phi) is 2.39. The van der Waals surface area contributed by atoms with Crippen molar-refractivity contribution in [3.05, 3.63) is 28.5 Å². The van der Waals surface area contributed by atoms with E-state index in [1.165, 1.54) is 4.88 Å². The lowest BCUT2D eigenvalue weighted by atomic mass is 10.3. The fourth-order valence-corrected chi connectivity index (χ4v) is 2.32. The van der Waals surface area contributed by atoms with E-state index in [4.69, 9.17) is 5.11 Å². The van der Waals surface area contributed by atoms with Gasteiger partial charge in [0.05, 0.1) is 18.0 Å². The van der Waals surface area contributed by atoms with Crippen LogP contribution in [0.1, 0.15) is 16.3 Å². The molecular weight excluding hydrogens is 196 g/mol. The largest absolute Gasteiger partial charge is 0.392 e. The summed E-state index contributed by atoms with van der Waals surface area (Å²) >= 11 is 1.68. The number of aliphatic hydroxyl groups is 1. The summed E-state index contributed by atoms with van der Waals surface area (Å²) in [5.41, 5.74) is 2.05. The van der Waals surface area contributed by atoms with Crippen LogP contribution in [0.4, 0.5) is 0 Å². The Morgan fingerprint density at radius 1 is 1.57 bits per heavy atom. The Balaban J connectivity index is 2.59. The molecule has 0 saturated heterocycles. The Morgan fingerprint density at radius 3 is 3.07 bits per heavy atom. The highest BCUT2D eigenvalue weighted by Crippen LogP contribution is 2.21. The molecule has 74 valence electrons. The van der Waals surface area contributed by atoms with Crippen LogP contribution in [0.2, 0.25) is 0 Å². The summed E-state index contributed by atoms with van der Waals surface area (Å²) in [7, 11) is 0. The third kappa shape index (κ3) is 1.47. The maximum absolute atomic E-state index is 8.72. The highest BCUT2D eigenvalue weighted by atomic mass is 32.1. The lowest BCUT2D eigenvalue weighted by Gasteiger charge is -1.91. The van der Waals surface area contributed by atoms with Crippen LogP contribution >= 0.6 is 11.3 Å². The lowest BCUT2D eigenvalue weighted by Crippen LogP contribution is -1.84. The summed E-state index contributed by atoms with van der Waals surface area (Å²) in [6.45, 7) is 4.11. The summed E-state index contributed by atoms with van der Waals surface area (Å²) in [6, 6.07) is 0. The van der Waals surface area contributed by atoms with E-state index in [0.29, 0.717) is 0 Å². The number of aliphatic hydroxyl groups excluding tert-OH is 1. The van der Waals surface area contributed by atoms with Gasteiger partial charge >= 0.3 is 0 Å². The minimum absolute atomic E-state index is 0.0653. The Bertz CT molecular complexity index is 481. The number of thiazole rings is 1. The average molecular weight is 208 g/mol. The first-order valence-electron chi connectivity index (χ1n) is 4.45. The van der Waals surface area contributed by atoms with Crippen molar-refractivity contribution in [1.29, 1.82) is 0 Å². The normalized spacial score (nSPS) is 11.9. The predicted molar refractivity (Wildman–Crippen MR) is 58.7 cm³/mol. The number of aryl methyl sites for hydroxylation is 2. The zero-order valence-corrected chi connectivity index (χ0v) is 9.01. The van der Waals surface area contributed by atoms with Gasteiger partial charge < -0.3 is 5.11 Å². The smallest absolute Gasteiger partial charge is 0.194 e. The van der Waals surface area contributed by atoms with Crippen LogP contribution in [0.3, 0.4) is 0 Å². The van der Waals surface area contributed by atoms with Gasteiger partial charge in [0.25, 0.3) is 0 Å². The highest BCUT2D eigenvalue weighted by Gasteiger charge is 2.07. The molecule has 0 saturated carbocycles. The molecule has 0 aromatic carbocycles. The number of hydrogen-bond donors (Lipinski definition) is 1. The molecule has 0 radical (unpaired) electrons. The molecule has 1 N–H and O–H groups in total. The molecule has 2 aromatic heterocycles. The molecule has 3 nitrogen and oxygen atoms in total. The first-order chi connectivity index (χ1) is 6.72. The molecule has 0 atom stereocenters. The molecule has 0 aliphatic rings. The van der Waals surface area contributed by atoms with Gasteiger partial charge in [-0.05, 0) is 19.9 Å². The van der Waals surface area contributed by atoms with Gasteiger partial charge in [-0.1, -0.05) is 6.08 Å². The van der Waals surface area contributed by atoms with E-state index in [1.807, 2.05) is 13.0 Å². The van der Waals surface area contributed by atoms with Crippen molar-refractivity contribution < 1.29 is 5.11 Å². The first kappa shape index (κ1) is 9.43. The SMILES string of the molecule is Cc1cn2c(C=CCO)c(C)nc2s1. The third-order valence-electron chi connectivity index (χ3n) is 2.04. The minimum atomic E-state index is 0.0653. The molecule has 0 fully saturated rings. The van der Waals surface area contributed by atoms with E-state index in [1.54, 1.807) is 17.4 Å². The standard InChI is InChI=1S/C10H12N2OS/c1-7-6-12-9(4-3-5-13)8(2)11-10(12)14-7/h3-4,6,13H,5H2,1-2H3. The second-order valence-electron chi connectivity index (χ2n) is 3.16. The second kappa shape index (κ2) is 3.55. The lowest BCUT2D eigenvalue weighted by molar-refractivity contribution is 0.343. The zero-order chi connectivity index (χ0) is 10.1. The van der Waals surface area contributed by atoms with Crippen LogP contribution in [0, 0.1) is 13.8 Å². The van der Waals surface area contributed by atoms with Crippen molar-refractivity contribution in [2.75, 3.05) is 6.61 Å². The molecule has 2 aromatic rings. The molecule has 0 amide bonds. The Labute approximate surface area is 86.3 Å². The fourth-order valence-electron chi connectivity index (χ4n) is 1.45. The molecule has 14 heavy (non-hydrogen) atoms. The second-order valence-corrected chi connectivity index (χ2v) is 4.38. The molecule has 2 rings (SSSR count). The van der Waals surface area contributed by atoms with Gasteiger partial charge in [-0.3, -0.25) is 4.40 Å². The number of hydrogen-bond acceptors (Lipinski definition) is 3. The zero-order valence-electron chi connectivity index (χ0n) is 8.19. The van der Waals surface area contributed by atoms with Gasteiger partial charge in [0.1, 0.15) is 0 Å². The van der Waals surface area contributed by atoms with Crippen LogP contribution in [0.25, 0.3) is 11.0 Å². The first-order valence-corrected chi connectivity index (χ1v) is 5.26. The van der Waals surface area contributed by atoms with E-state index in [9.17, 15) is 0 Å². The summed E-state index contributed by atoms with van der Waals surface area (Å²) in [6.07, 6.45) is 5.70. The van der Waals surface area contributed by atoms with Crippen molar-refractivity contribution in [2.24, 2.45) is 0 Å². The maximum atomic E-state index is 8.72. The fraction of sp³-hybridized carbons (Fsp3) is 0.300. The van der Waals surface area contributed by atoms with E-state index < -0.39 is 0 Å². The predicted octanol–water partition coefficient (Wildman–Crippen LogP) is 2.02. The third-order valence-corrected chi connectivity index (χ3v) is 2.94. The summed E-state index contributed by atoms with van der Waals surface area (Å²) in [5.74, 6) is 0. The molecule has 2 heterocycles. The number of nitrogens with zero attached hydrogens (tertiary/aromatic N) is 2. The molecule has 0 spiro atoms. The van der Waals surface area contributed by atoms with E-state index in [0.717, 1.165) is 16.3 Å². The van der Waals surface area contributed by atoms with Crippen molar-refractivity contribution in [3.8, 4) is 0 Å². The molecule has 0 aliphatic heterocycles. The van der Waals surface area contributed by atoms with E-state index >= 15 is 0 Å². The molecular formula is C10H12N2OS. The minimum Gasteiger partial charge on any atom is -0.392 e. The van der Waals surface area contributed by atoms with Crippen molar-refractivity contribution in [2.45, 2.75) is 13.8 Å². The topological polar surface area (TPSA) is 37.5 Å². The number of imidazole rings is 1. The summed E-state index contributed by atoms with van der Waals surface area (Å²) in [4.78, 5) is 6.69. The molecule has 0 bridgehead atoms. The van der Waals surface area contributed by atoms with Crippen molar-refractivity contribution >= 4 is 22.4 Å². The summed E-state index contributed by atoms with van der Waals surface area (Å²) in [5, 5.41) is 8.72. The monoisotopic (exact) mass is 208 g/mol. The van der Waals surface area contributed by atoms with Crippen molar-refractivity contribution in [1.82, 2.24) is 9.38 Å². The number of rotatable bonds is 2. The van der Waals surface area contributed by atoms with Gasteiger partial charge in [-0.25, -0.2) is 4.98 Å². The number of aromatic nitrogens is 2. The summed E-state index contributed by atoms with van der Waals surface area (Å²) < 4.78 is 2.06. The van der Waals surface area contributed by atoms with E-state index in [2.05, 4.69) is 22.5 Å². The molecule has 0 aliphatic carbocycles. The Morgan fingerprint density at radius 2 is 2.36 bits per heavy atom. The van der Waals surface area contributed by atoms with Gasteiger partial charge in [-0.15, -0.1) is 11.3 Å². The van der Waals surface area contributed by atoms with Crippen LogP contribution in [-0.2, 0) is 0 Å². The van der Waals surface area contributed by atoms with E-state index in [-0.39, 0.29) is 6.61 Å². The quantitative estimate of drug-likeness (QED) is 0.819. The highest BCUT2D eigenvalue weighted by molar-refractivity contribution is 7.17. The van der Waals surface area contributed by atoms with Crippen molar-refractivity contribution in [3.63, 3.8) is 0 Å². The molecule has 4 heteroatoms. The van der Waals surface area contributed by atoms with Gasteiger partial charge in [0, 0.05) is 11.1 Å². The van der Waals surface area contributed by atoms with Gasteiger partial charge in [-0.2, -0.15) is 0 Å². The van der Waals surface area contributed by atoms with Gasteiger partial charge in [0.2, 0.25) is 0 Å². The number of fused-ring (bicyclic) bond motifs is 1. The Hall–Kier alpha value is -1.13. The average Bonchev–Trinajstić information content (AvgIpc) is 2.58. The van der Waals surface area contributed by atoms with Crippen LogP contribution in [0.5, 0.6) is 0 Å². The van der Waals surface area contributed by atoms with Crippen LogP contribution in [-0.4, -0.2) is 21.1 Å².